The Labute approximate surface area is 209 Å². The average molecular weight is 505 g/mol. The Bertz CT molecular complexity index is 1490. The van der Waals surface area contributed by atoms with Gasteiger partial charge >= 0.3 is 0 Å². The molecule has 0 aliphatic carbocycles. The van der Waals surface area contributed by atoms with E-state index >= 15 is 0 Å². The van der Waals surface area contributed by atoms with Gasteiger partial charge < -0.3 is 4.74 Å². The molecule has 0 bridgehead atoms. The zero-order valence-electron chi connectivity index (χ0n) is 18.3. The maximum atomic E-state index is 13.2. The molecule has 5 rings (SSSR count). The van der Waals surface area contributed by atoms with Gasteiger partial charge in [0.05, 0.1) is 10.8 Å². The van der Waals surface area contributed by atoms with E-state index in [1.807, 2.05) is 47.0 Å². The van der Waals surface area contributed by atoms with Gasteiger partial charge in [-0.25, -0.2) is 4.39 Å². The van der Waals surface area contributed by atoms with Gasteiger partial charge in [0.15, 0.2) is 16.8 Å². The Morgan fingerprint density at radius 2 is 1.77 bits per heavy atom. The monoisotopic (exact) mass is 504 g/mol. The number of hydrogen-bond acceptors (Lipinski definition) is 6. The number of para-hydroxylation sites is 1. The number of Topliss-reactive ketones (excluding diaryl/α,β-unsaturated/α-hetero) is 1. The number of pyridine rings is 1. The standard InChI is InChI=1S/C26H18ClFN4O2S/c27-21-12-13-23(25-20(21)7-4-14-29-25)34-15-24-30-31-26(32(24)19-5-2-1-3-6-19)35-16-22(33)17-8-10-18(28)11-9-17/h1-14H,15-16H2. The minimum atomic E-state index is -0.383. The van der Waals surface area contributed by atoms with Gasteiger partial charge in [0, 0.05) is 22.8 Å². The van der Waals surface area contributed by atoms with Gasteiger partial charge in [0.2, 0.25) is 0 Å². The third-order valence-electron chi connectivity index (χ3n) is 5.25. The summed E-state index contributed by atoms with van der Waals surface area (Å²) in [5.74, 6) is 0.754. The number of aromatic nitrogens is 4. The number of halogens is 2. The molecule has 0 spiro atoms. The van der Waals surface area contributed by atoms with Crippen LogP contribution in [0.15, 0.2) is 90.2 Å². The van der Waals surface area contributed by atoms with Crippen molar-refractivity contribution in [2.75, 3.05) is 5.75 Å². The molecule has 2 heterocycles. The number of benzene rings is 3. The van der Waals surface area contributed by atoms with E-state index in [4.69, 9.17) is 16.3 Å². The van der Waals surface area contributed by atoms with Gasteiger partial charge in [-0.3, -0.25) is 14.3 Å². The molecular formula is C26H18ClFN4O2S. The molecule has 0 N–H and O–H groups in total. The minimum absolute atomic E-state index is 0.127. The van der Waals surface area contributed by atoms with Crippen LogP contribution in [0, 0.1) is 5.82 Å². The van der Waals surface area contributed by atoms with E-state index in [-0.39, 0.29) is 24.0 Å². The molecule has 35 heavy (non-hydrogen) atoms. The van der Waals surface area contributed by atoms with Crippen molar-refractivity contribution in [2.45, 2.75) is 11.8 Å². The van der Waals surface area contributed by atoms with Crippen LogP contribution in [0.25, 0.3) is 16.6 Å². The van der Waals surface area contributed by atoms with Crippen molar-refractivity contribution in [3.8, 4) is 11.4 Å². The third-order valence-corrected chi connectivity index (χ3v) is 6.51. The van der Waals surface area contributed by atoms with Crippen molar-refractivity contribution in [3.63, 3.8) is 0 Å². The predicted octanol–water partition coefficient (Wildman–Crippen LogP) is 6.16. The molecular weight excluding hydrogens is 487 g/mol. The summed E-state index contributed by atoms with van der Waals surface area (Å²) >= 11 is 7.55. The fourth-order valence-electron chi connectivity index (χ4n) is 3.54. The van der Waals surface area contributed by atoms with Crippen molar-refractivity contribution < 1.29 is 13.9 Å². The van der Waals surface area contributed by atoms with Gasteiger partial charge in [0.25, 0.3) is 0 Å². The van der Waals surface area contributed by atoms with Crippen LogP contribution in [-0.4, -0.2) is 31.3 Å². The first-order valence-corrected chi connectivity index (χ1v) is 12.0. The lowest BCUT2D eigenvalue weighted by molar-refractivity contribution is 0.102. The van der Waals surface area contributed by atoms with E-state index in [9.17, 15) is 9.18 Å². The van der Waals surface area contributed by atoms with Crippen molar-refractivity contribution >= 4 is 40.0 Å². The Balaban J connectivity index is 1.40. The van der Waals surface area contributed by atoms with E-state index in [0.29, 0.717) is 32.8 Å². The summed E-state index contributed by atoms with van der Waals surface area (Å²) in [5, 5.41) is 10.6. The van der Waals surface area contributed by atoms with Crippen molar-refractivity contribution in [1.29, 1.82) is 0 Å². The molecule has 0 atom stereocenters. The van der Waals surface area contributed by atoms with E-state index in [2.05, 4.69) is 15.2 Å². The van der Waals surface area contributed by atoms with E-state index in [0.717, 1.165) is 11.1 Å². The smallest absolute Gasteiger partial charge is 0.196 e. The molecule has 9 heteroatoms. The van der Waals surface area contributed by atoms with Gasteiger partial charge in [-0.2, -0.15) is 0 Å². The number of ketones is 1. The molecule has 0 aliphatic heterocycles. The third kappa shape index (κ3) is 5.03. The first kappa shape index (κ1) is 23.0. The van der Waals surface area contributed by atoms with Gasteiger partial charge in [0.1, 0.15) is 23.7 Å². The molecule has 0 saturated heterocycles. The van der Waals surface area contributed by atoms with Crippen LogP contribution in [0.1, 0.15) is 16.2 Å². The van der Waals surface area contributed by atoms with Crippen molar-refractivity contribution in [1.82, 2.24) is 19.7 Å². The number of fused-ring (bicyclic) bond motifs is 1. The van der Waals surface area contributed by atoms with Crippen LogP contribution >= 0.6 is 23.4 Å². The second kappa shape index (κ2) is 10.2. The molecule has 6 nitrogen and oxygen atoms in total. The van der Waals surface area contributed by atoms with Crippen molar-refractivity contribution in [3.05, 3.63) is 107 Å². The summed E-state index contributed by atoms with van der Waals surface area (Å²) in [4.78, 5) is 17.0. The maximum Gasteiger partial charge on any atom is 0.196 e. The molecule has 0 amide bonds. The number of carbonyl (C=O) groups excluding carboxylic acids is 1. The summed E-state index contributed by atoms with van der Waals surface area (Å²) in [6.45, 7) is 0.127. The number of rotatable bonds is 8. The lowest BCUT2D eigenvalue weighted by Crippen LogP contribution is -2.08. The molecule has 3 aromatic carbocycles. The molecule has 174 valence electrons. The SMILES string of the molecule is O=C(CSc1nnc(COc2ccc(Cl)c3cccnc23)n1-c1ccccc1)c1ccc(F)cc1. The number of hydrogen-bond donors (Lipinski definition) is 0. The lowest BCUT2D eigenvalue weighted by Gasteiger charge is -2.12. The molecule has 5 aromatic rings. The summed E-state index contributed by atoms with van der Waals surface area (Å²) < 4.78 is 21.1. The average Bonchev–Trinajstić information content (AvgIpc) is 3.31. The molecule has 0 fully saturated rings. The Kier molecular flexibility index (Phi) is 6.74. The zero-order valence-corrected chi connectivity index (χ0v) is 19.8. The number of nitrogens with zero attached hydrogens (tertiary/aromatic N) is 4. The van der Waals surface area contributed by atoms with Crippen LogP contribution in [0.5, 0.6) is 5.75 Å². The highest BCUT2D eigenvalue weighted by atomic mass is 35.5. The Hall–Kier alpha value is -3.75. The van der Waals surface area contributed by atoms with E-state index in [1.54, 1.807) is 18.3 Å². The summed E-state index contributed by atoms with van der Waals surface area (Å²) in [7, 11) is 0. The summed E-state index contributed by atoms with van der Waals surface area (Å²) in [6, 6.07) is 22.3. The fourth-order valence-corrected chi connectivity index (χ4v) is 4.62. The first-order valence-electron chi connectivity index (χ1n) is 10.7. The van der Waals surface area contributed by atoms with Gasteiger partial charge in [-0.15, -0.1) is 10.2 Å². The number of carbonyl (C=O) groups is 1. The zero-order chi connectivity index (χ0) is 24.2. The van der Waals surface area contributed by atoms with Gasteiger partial charge in [-0.05, 0) is 60.7 Å². The molecule has 0 saturated carbocycles. The van der Waals surface area contributed by atoms with Gasteiger partial charge in [-0.1, -0.05) is 41.6 Å². The highest BCUT2D eigenvalue weighted by Crippen LogP contribution is 2.30. The van der Waals surface area contributed by atoms with E-state index in [1.165, 1.54) is 36.0 Å². The van der Waals surface area contributed by atoms with Crippen LogP contribution < -0.4 is 4.74 Å². The molecule has 0 radical (unpaired) electrons. The summed E-state index contributed by atoms with van der Waals surface area (Å²) in [5.41, 5.74) is 1.94. The van der Waals surface area contributed by atoms with Crippen LogP contribution in [0.2, 0.25) is 5.02 Å². The second-order valence-corrected chi connectivity index (χ2v) is 8.87. The quantitative estimate of drug-likeness (QED) is 0.186. The molecule has 0 unspecified atom stereocenters. The molecule has 2 aromatic heterocycles. The predicted molar refractivity (Wildman–Crippen MR) is 134 cm³/mol. The minimum Gasteiger partial charge on any atom is -0.483 e. The lowest BCUT2D eigenvalue weighted by atomic mass is 10.1. The largest absolute Gasteiger partial charge is 0.483 e. The molecule has 0 aliphatic rings. The van der Waals surface area contributed by atoms with Crippen LogP contribution in [0.3, 0.4) is 0 Å². The second-order valence-electron chi connectivity index (χ2n) is 7.52. The topological polar surface area (TPSA) is 69.9 Å². The highest BCUT2D eigenvalue weighted by Gasteiger charge is 2.18. The first-order chi connectivity index (χ1) is 17.1. The van der Waals surface area contributed by atoms with Crippen molar-refractivity contribution in [2.24, 2.45) is 0 Å². The summed E-state index contributed by atoms with van der Waals surface area (Å²) in [6.07, 6.45) is 1.69. The number of thioether (sulfide) groups is 1. The number of ether oxygens (including phenoxy) is 1. The van der Waals surface area contributed by atoms with Crippen LogP contribution in [0.4, 0.5) is 4.39 Å². The maximum absolute atomic E-state index is 13.2. The fraction of sp³-hybridized carbons (Fsp3) is 0.0769. The Morgan fingerprint density at radius 3 is 2.57 bits per heavy atom. The Morgan fingerprint density at radius 1 is 0.971 bits per heavy atom. The highest BCUT2D eigenvalue weighted by molar-refractivity contribution is 7.99. The van der Waals surface area contributed by atoms with E-state index < -0.39 is 0 Å². The normalized spacial score (nSPS) is 11.0. The van der Waals surface area contributed by atoms with Crippen LogP contribution in [-0.2, 0) is 6.61 Å².